The van der Waals surface area contributed by atoms with E-state index in [2.05, 4.69) is 6.92 Å². The van der Waals surface area contributed by atoms with Crippen molar-refractivity contribution < 1.29 is 30.3 Å². The zero-order valence-corrected chi connectivity index (χ0v) is 8.32. The van der Waals surface area contributed by atoms with Crippen LogP contribution in [-0.4, -0.2) is 11.1 Å². The van der Waals surface area contributed by atoms with Crippen molar-refractivity contribution in [1.82, 2.24) is 0 Å². The third kappa shape index (κ3) is 12.0. The van der Waals surface area contributed by atoms with Crippen LogP contribution in [0, 0.1) is 6.92 Å². The van der Waals surface area contributed by atoms with E-state index in [-0.39, 0.29) is 20.4 Å². The Morgan fingerprint density at radius 3 is 1.83 bits per heavy atom. The van der Waals surface area contributed by atoms with Crippen molar-refractivity contribution in [3.8, 4) is 0 Å². The quantitative estimate of drug-likeness (QED) is 0.570. The average molecular weight is 258 g/mol. The Kier molecular flexibility index (Phi) is 9.56. The molecule has 0 aliphatic rings. The Bertz CT molecular complexity index is 205. The molecular formula is C9H11O2Pd-. The summed E-state index contributed by atoms with van der Waals surface area (Å²) < 4.78 is 0. The van der Waals surface area contributed by atoms with Crippen LogP contribution in [0.2, 0.25) is 0 Å². The smallest absolute Gasteiger partial charge is 0.300 e. The zero-order chi connectivity index (χ0) is 8.69. The summed E-state index contributed by atoms with van der Waals surface area (Å²) in [4.78, 5) is 9.00. The van der Waals surface area contributed by atoms with Crippen LogP contribution in [0.25, 0.3) is 0 Å². The summed E-state index contributed by atoms with van der Waals surface area (Å²) in [6.07, 6.45) is 0. The summed E-state index contributed by atoms with van der Waals surface area (Å²) in [7, 11) is 0. The van der Waals surface area contributed by atoms with Crippen molar-refractivity contribution in [3.63, 3.8) is 0 Å². The number of hydrogen-bond acceptors (Lipinski definition) is 1. The summed E-state index contributed by atoms with van der Waals surface area (Å²) >= 11 is 0. The van der Waals surface area contributed by atoms with Crippen molar-refractivity contribution in [3.05, 3.63) is 42.8 Å². The molecule has 0 bridgehead atoms. The molecule has 2 nitrogen and oxygen atoms in total. The maximum Gasteiger partial charge on any atom is 0.300 e. The molecule has 3 heteroatoms. The predicted octanol–water partition coefficient (Wildman–Crippen LogP) is 1.96. The van der Waals surface area contributed by atoms with Crippen molar-refractivity contribution in [2.45, 2.75) is 6.92 Å². The molecular weight excluding hydrogens is 247 g/mol. The Balaban J connectivity index is 0. The maximum absolute atomic E-state index is 9.00. The van der Waals surface area contributed by atoms with Gasteiger partial charge in [-0.2, -0.15) is 24.6 Å². The second-order valence-corrected chi connectivity index (χ2v) is 2.00. The van der Waals surface area contributed by atoms with E-state index in [9.17, 15) is 0 Å². The molecule has 1 aromatic carbocycles. The fourth-order valence-corrected chi connectivity index (χ4v) is 0.478. The normalized spacial score (nSPS) is 7.08. The molecule has 0 amide bonds. The van der Waals surface area contributed by atoms with E-state index < -0.39 is 5.97 Å². The number of hydrogen-bond donors (Lipinski definition) is 1. The van der Waals surface area contributed by atoms with Crippen LogP contribution >= 0.6 is 0 Å². The van der Waals surface area contributed by atoms with Gasteiger partial charge in [-0.1, -0.05) is 6.07 Å². The van der Waals surface area contributed by atoms with Crippen LogP contribution in [-0.2, 0) is 25.2 Å². The first-order valence-corrected chi connectivity index (χ1v) is 3.19. The van der Waals surface area contributed by atoms with Gasteiger partial charge >= 0.3 is 0 Å². The molecule has 0 aliphatic carbocycles. The van der Waals surface area contributed by atoms with Gasteiger partial charge in [0.15, 0.2) is 0 Å². The molecule has 0 aromatic heterocycles. The third-order valence-electron chi connectivity index (χ3n) is 0.843. The van der Waals surface area contributed by atoms with Crippen molar-refractivity contribution in [1.29, 1.82) is 0 Å². The Morgan fingerprint density at radius 1 is 1.33 bits per heavy atom. The topological polar surface area (TPSA) is 37.3 Å². The van der Waals surface area contributed by atoms with E-state index >= 15 is 0 Å². The van der Waals surface area contributed by atoms with E-state index in [1.165, 1.54) is 0 Å². The van der Waals surface area contributed by atoms with Gasteiger partial charge in [-0.15, -0.1) is 12.1 Å². The first kappa shape index (κ1) is 13.8. The molecule has 0 heterocycles. The molecule has 0 saturated heterocycles. The Hall–Kier alpha value is -0.778. The first-order chi connectivity index (χ1) is 5.13. The summed E-state index contributed by atoms with van der Waals surface area (Å²) in [6.45, 7) is 4.80. The molecule has 0 radical (unpaired) electrons. The Morgan fingerprint density at radius 2 is 1.67 bits per heavy atom. The van der Waals surface area contributed by atoms with E-state index in [1.807, 2.05) is 30.3 Å². The molecule has 0 fully saturated rings. The minimum absolute atomic E-state index is 0. The average Bonchev–Trinajstić information content (AvgIpc) is 1.87. The van der Waals surface area contributed by atoms with Crippen LogP contribution < -0.4 is 0 Å². The summed E-state index contributed by atoms with van der Waals surface area (Å²) in [5, 5.41) is 7.42. The fraction of sp³-hybridized carbons (Fsp3) is 0.111. The van der Waals surface area contributed by atoms with Crippen molar-refractivity contribution in [2.24, 2.45) is 0 Å². The number of carboxylic acid groups (broad SMARTS) is 1. The van der Waals surface area contributed by atoms with Crippen LogP contribution in [0.4, 0.5) is 0 Å². The van der Waals surface area contributed by atoms with E-state index in [0.29, 0.717) is 0 Å². The summed E-state index contributed by atoms with van der Waals surface area (Å²) in [5.41, 5.74) is 1.07. The van der Waals surface area contributed by atoms with E-state index in [4.69, 9.17) is 9.90 Å². The van der Waals surface area contributed by atoms with Gasteiger partial charge in [0.2, 0.25) is 0 Å². The van der Waals surface area contributed by atoms with Gasteiger partial charge in [-0.3, -0.25) is 4.79 Å². The van der Waals surface area contributed by atoms with Crippen LogP contribution in [0.3, 0.4) is 0 Å². The van der Waals surface area contributed by atoms with Crippen LogP contribution in [0.5, 0.6) is 0 Å². The first-order valence-electron chi connectivity index (χ1n) is 3.19. The second kappa shape index (κ2) is 8.32. The molecule has 0 atom stereocenters. The summed E-state index contributed by atoms with van der Waals surface area (Å²) in [5.74, 6) is -0.833. The van der Waals surface area contributed by atoms with Gasteiger partial charge < -0.3 is 5.11 Å². The maximum atomic E-state index is 9.00. The standard InChI is InChI=1S/C7H7.C2H4O2.Pd/c1-7-5-3-2-4-6-7;1-2(3)4;/h2-6H,1H2;1H3,(H,3,4);/q-1;;. The van der Waals surface area contributed by atoms with Gasteiger partial charge in [0.1, 0.15) is 0 Å². The van der Waals surface area contributed by atoms with Gasteiger partial charge in [-0.05, 0) is 0 Å². The van der Waals surface area contributed by atoms with Crippen LogP contribution in [0.15, 0.2) is 30.3 Å². The molecule has 1 N–H and O–H groups in total. The molecule has 1 rings (SSSR count). The number of benzene rings is 1. The minimum atomic E-state index is -0.833. The van der Waals surface area contributed by atoms with E-state index in [0.717, 1.165) is 12.5 Å². The fourth-order valence-electron chi connectivity index (χ4n) is 0.478. The molecule has 1 aromatic rings. The molecule has 0 unspecified atom stereocenters. The zero-order valence-electron chi connectivity index (χ0n) is 6.77. The van der Waals surface area contributed by atoms with Crippen molar-refractivity contribution >= 4 is 5.97 Å². The number of rotatable bonds is 0. The number of aliphatic carboxylic acids is 1. The third-order valence-corrected chi connectivity index (χ3v) is 0.843. The monoisotopic (exact) mass is 257 g/mol. The summed E-state index contributed by atoms with van der Waals surface area (Å²) in [6, 6.07) is 9.87. The molecule has 0 aliphatic heterocycles. The van der Waals surface area contributed by atoms with Gasteiger partial charge in [0.25, 0.3) is 5.97 Å². The second-order valence-electron chi connectivity index (χ2n) is 2.00. The van der Waals surface area contributed by atoms with Gasteiger partial charge in [0.05, 0.1) is 0 Å². The van der Waals surface area contributed by atoms with Crippen molar-refractivity contribution in [2.75, 3.05) is 0 Å². The Labute approximate surface area is 86.3 Å². The predicted molar refractivity (Wildman–Crippen MR) is 44.2 cm³/mol. The number of carbonyl (C=O) groups is 1. The largest absolute Gasteiger partial charge is 0.481 e. The molecule has 0 saturated carbocycles. The number of carboxylic acids is 1. The van der Waals surface area contributed by atoms with Gasteiger partial charge in [-0.25, -0.2) is 0 Å². The van der Waals surface area contributed by atoms with E-state index in [1.54, 1.807) is 0 Å². The SMILES string of the molecule is CC(=O)O.[CH2-]c1ccccc1.[Pd]. The van der Waals surface area contributed by atoms with Crippen LogP contribution in [0.1, 0.15) is 12.5 Å². The molecule has 12 heavy (non-hydrogen) atoms. The van der Waals surface area contributed by atoms with Gasteiger partial charge in [0, 0.05) is 27.3 Å². The minimum Gasteiger partial charge on any atom is -0.481 e. The molecule has 0 spiro atoms. The molecule has 70 valence electrons.